The van der Waals surface area contributed by atoms with Crippen molar-refractivity contribution in [2.45, 2.75) is 52.1 Å². The third-order valence-corrected chi connectivity index (χ3v) is 14.5. The molecule has 100 heavy (non-hydrogen) atoms. The fraction of sp³-hybridized carbons (Fsp3) is 0.500. The number of cyclic esters (lactones) is 4. The first-order valence-electron chi connectivity index (χ1n) is 43.2. The van der Waals surface area contributed by atoms with E-state index in [0.717, 1.165) is 69.8 Å². The van der Waals surface area contributed by atoms with Crippen molar-refractivity contribution in [3.63, 3.8) is 0 Å². The van der Waals surface area contributed by atoms with Gasteiger partial charge in [-0.2, -0.15) is 0 Å². The summed E-state index contributed by atoms with van der Waals surface area (Å²) in [4.78, 5) is 96.7. The van der Waals surface area contributed by atoms with Gasteiger partial charge in [-0.15, -0.1) is 0 Å². The molecule has 544 valence electrons. The summed E-state index contributed by atoms with van der Waals surface area (Å²) in [5.74, 6) is -7.32. The van der Waals surface area contributed by atoms with E-state index in [9.17, 15) is 68.0 Å². The molecular formula is C64H80F4N12O20. The number of amides is 8. The highest BCUT2D eigenvalue weighted by Crippen LogP contribution is 2.37. The van der Waals surface area contributed by atoms with Crippen molar-refractivity contribution in [2.75, 3.05) is 177 Å². The van der Waals surface area contributed by atoms with Crippen LogP contribution in [0.4, 0.5) is 82.2 Å². The van der Waals surface area contributed by atoms with Gasteiger partial charge in [0.25, 0.3) is 0 Å². The molecule has 8 saturated heterocycles. The average molecular weight is 1440 g/mol. The van der Waals surface area contributed by atoms with Gasteiger partial charge >= 0.3 is 24.4 Å². The number of carbonyl (C=O) groups excluding carboxylic acids is 8. The molecule has 0 spiro atoms. The summed E-state index contributed by atoms with van der Waals surface area (Å²) in [5, 5.41) is 62.4. The Kier molecular flexibility index (Phi) is 15.1. The zero-order valence-electron chi connectivity index (χ0n) is 80.6. The molecule has 36 heteroatoms. The molecule has 4 aromatic carbocycles. The molecule has 32 nitrogen and oxygen atoms in total. The highest BCUT2D eigenvalue weighted by molar-refractivity contribution is 5.92. The molecule has 8 heterocycles. The first-order valence-corrected chi connectivity index (χ1v) is 29.2. The van der Waals surface area contributed by atoms with Gasteiger partial charge in [0, 0.05) is 76.2 Å². The number of hydroxylamine groups is 8. The van der Waals surface area contributed by atoms with Gasteiger partial charge in [0.05, 0.1) is 166 Å². The lowest BCUT2D eigenvalue weighted by atomic mass is 10.2. The molecule has 0 aromatic heterocycles. The maximum absolute atomic E-state index is 15.2. The maximum Gasteiger partial charge on any atom is 0.414 e. The van der Waals surface area contributed by atoms with Crippen LogP contribution >= 0.6 is 0 Å². The van der Waals surface area contributed by atoms with E-state index in [1.807, 2.05) is 10.6 Å². The topological polar surface area (TPSA) is 364 Å². The molecule has 0 saturated carbocycles. The summed E-state index contributed by atoms with van der Waals surface area (Å²) >= 11 is 0. The lowest BCUT2D eigenvalue weighted by Crippen LogP contribution is -2.52. The van der Waals surface area contributed by atoms with Crippen LogP contribution < -0.4 is 59.5 Å². The molecule has 4 atom stereocenters. The first-order chi connectivity index (χ1) is 57.8. The minimum Gasteiger partial charge on any atom is -0.627 e. The molecule has 0 radical (unpaired) electrons. The number of morpholine rings is 4. The van der Waals surface area contributed by atoms with Crippen LogP contribution in [-0.4, -0.2) is 229 Å². The number of nitrogens with one attached hydrogen (secondary N) is 4. The molecule has 8 aliphatic heterocycles. The molecule has 4 N–H and O–H groups in total. The van der Waals surface area contributed by atoms with E-state index in [1.165, 1.54) is 26.0 Å². The second-order valence-corrected chi connectivity index (χ2v) is 21.7. The number of benzene rings is 4. The van der Waals surface area contributed by atoms with Crippen molar-refractivity contribution < 1.29 is 132 Å². The molecule has 8 fully saturated rings. The number of rotatable bonds is 16. The summed E-state index contributed by atoms with van der Waals surface area (Å²) in [6.45, 7) is -44.8. The van der Waals surface area contributed by atoms with Crippen molar-refractivity contribution in [3.8, 4) is 0 Å². The van der Waals surface area contributed by atoms with E-state index < -0.39 is 249 Å². The standard InChI is InChI=1S/4C16H20FN3O5/c4*1-11(21)18-9-13-10-19(16(22)25-13)12-2-3-15(14(17)8-12)20(23)4-6-24-7-5-20/h4*2-3,8,13H,4-7,9-10H2,1H3,(H,18,21)/t4*13-/m0000/s1/i4D2,5D2,6D2,7D2,9D2;4D2,5D2,6D2,7D2;6D2,7D2,9D2;6D2,7D2. The Bertz CT molecular complexity index is 4950. The number of hydrogen-bond acceptors (Lipinski definition) is 20. The van der Waals surface area contributed by atoms with E-state index in [0.29, 0.717) is 24.3 Å². The highest BCUT2D eigenvalue weighted by Gasteiger charge is 2.40. The van der Waals surface area contributed by atoms with Crippen molar-refractivity contribution in [2.24, 2.45) is 0 Å². The number of anilines is 4. The molecule has 12 rings (SSSR count). The molecule has 4 aromatic rings. The van der Waals surface area contributed by atoms with Crippen LogP contribution in [0.1, 0.15) is 66.1 Å². The summed E-state index contributed by atoms with van der Waals surface area (Å²) in [6, 6.07) is 10.6. The van der Waals surface area contributed by atoms with E-state index in [1.54, 1.807) is 0 Å². The van der Waals surface area contributed by atoms with Gasteiger partial charge in [-0.25, -0.2) is 36.7 Å². The van der Waals surface area contributed by atoms with Crippen molar-refractivity contribution in [1.29, 1.82) is 0 Å². The lowest BCUT2D eigenvalue weighted by Gasteiger charge is -2.44. The molecule has 8 amide bonds. The summed E-state index contributed by atoms with van der Waals surface area (Å²) < 4.78 is 306. The van der Waals surface area contributed by atoms with Crippen molar-refractivity contribution >= 4 is 93.5 Å². The quantitative estimate of drug-likeness (QED) is 0.0519. The maximum atomic E-state index is 15.2. The van der Waals surface area contributed by atoms with Gasteiger partial charge < -0.3 is 98.6 Å². The fourth-order valence-corrected chi connectivity index (χ4v) is 9.68. The van der Waals surface area contributed by atoms with Crippen LogP contribution in [0.25, 0.3) is 0 Å². The largest absolute Gasteiger partial charge is 0.627 e. The number of quaternary nitrogens is 4. The lowest BCUT2D eigenvalue weighted by molar-refractivity contribution is -0.120. The van der Waals surface area contributed by atoms with E-state index in [-0.39, 0.29) is 67.3 Å². The molecule has 0 aliphatic carbocycles. The van der Waals surface area contributed by atoms with Crippen LogP contribution in [-0.2, 0) is 57.1 Å². The van der Waals surface area contributed by atoms with Gasteiger partial charge in [-0.05, 0) is 24.3 Å². The number of hydrogen-bond donors (Lipinski definition) is 4. The summed E-state index contributed by atoms with van der Waals surface area (Å²) in [7, 11) is 0. The fourth-order valence-electron chi connectivity index (χ4n) is 9.68. The summed E-state index contributed by atoms with van der Waals surface area (Å²) in [6.07, 6.45) is -8.03. The van der Waals surface area contributed by atoms with Crippen LogP contribution in [0.5, 0.6) is 0 Å². The SMILES string of the molecule is [2H]C([2H])(NC(C)=O)[C@H]1CN(c2ccc([N+]3([O-])C([2H])([2H])C([2H])([2H])OC([2H])([2H])C3([2H])[2H])c(F)c2)C(=O)O1.[2H]C1([2H])C[N+]([O-])(c2ccc(N3C[C@H](C([2H])([2H])NC(C)=O)OC3=O)cc2F)CC([2H])([2H])O1.[2H]C1([2H])C[N+]([O-])(c2ccc(N3C[C@H](CNC(C)=O)OC3=O)cc2F)CC([2H])([2H])O1.[2H]C1([2H])OC([2H])([2H])C([2H])([2H])[N+]([O-])(c2ccc(N3C[C@H](CNC(C)=O)OC3=O)cc2F)C1([2H])[2H]. The van der Waals surface area contributed by atoms with Crippen LogP contribution in [0, 0.1) is 44.1 Å². The van der Waals surface area contributed by atoms with Crippen LogP contribution in [0.3, 0.4) is 0 Å². The minimum absolute atomic E-state index is 0.0106. The number of nitrogens with zero attached hydrogens (tertiary/aromatic N) is 8. The number of halogens is 4. The highest BCUT2D eigenvalue weighted by atomic mass is 19.1. The van der Waals surface area contributed by atoms with Crippen molar-refractivity contribution in [1.82, 2.24) is 39.9 Å². The second-order valence-electron chi connectivity index (χ2n) is 21.7. The van der Waals surface area contributed by atoms with Gasteiger partial charge in [-0.3, -0.25) is 38.8 Å². The van der Waals surface area contributed by atoms with Gasteiger partial charge in [0.2, 0.25) is 23.6 Å². The Labute approximate surface area is 610 Å². The first kappa shape index (κ1) is 45.8. The Morgan fingerprint density at radius 1 is 0.410 bits per heavy atom. The van der Waals surface area contributed by atoms with Crippen LogP contribution in [0.15, 0.2) is 72.8 Å². The van der Waals surface area contributed by atoms with Gasteiger partial charge in [-0.1, -0.05) is 0 Å². The average Bonchev–Trinajstić information content (AvgIpc) is 0.817. The number of carbonyl (C=O) groups is 8. The Morgan fingerprint density at radius 3 is 0.910 bits per heavy atom. The predicted octanol–water partition coefficient (Wildman–Crippen LogP) is 4.49. The van der Waals surface area contributed by atoms with E-state index in [4.69, 9.17) is 57.3 Å². The molecular weight excluding hydrogens is 1330 g/mol. The van der Waals surface area contributed by atoms with E-state index in [2.05, 4.69) is 29.6 Å². The van der Waals surface area contributed by atoms with Crippen molar-refractivity contribution in [3.05, 3.63) is 117 Å². The Morgan fingerprint density at radius 2 is 0.650 bits per heavy atom. The molecule has 0 unspecified atom stereocenters. The Hall–Kier alpha value is -8.92. The molecule has 0 bridgehead atoms. The monoisotopic (exact) mass is 1440 g/mol. The van der Waals surface area contributed by atoms with Gasteiger partial charge in [0.15, 0.2) is 46.0 Å². The third kappa shape index (κ3) is 18.9. The normalized spacial score (nSPS) is 33.1. The zero-order chi connectivity index (χ0) is 97.2. The number of ether oxygens (including phenoxy) is 8. The zero-order valence-corrected chi connectivity index (χ0v) is 52.6. The third-order valence-electron chi connectivity index (χ3n) is 14.5. The predicted molar refractivity (Wildman–Crippen MR) is 354 cm³/mol. The Balaban J connectivity index is 0.000000193. The van der Waals surface area contributed by atoms with Crippen LogP contribution in [0.2, 0.25) is 0 Å². The molecule has 8 aliphatic rings. The smallest absolute Gasteiger partial charge is 0.414 e. The van der Waals surface area contributed by atoms with E-state index >= 15 is 8.78 Å². The second kappa shape index (κ2) is 33.0. The summed E-state index contributed by atoms with van der Waals surface area (Å²) in [5.41, 5.74) is -3.97. The van der Waals surface area contributed by atoms with Gasteiger partial charge in [0.1, 0.15) is 76.6 Å². The minimum atomic E-state index is -3.88.